The van der Waals surface area contributed by atoms with Gasteiger partial charge in [-0.25, -0.2) is 0 Å². The van der Waals surface area contributed by atoms with Gasteiger partial charge in [0.05, 0.1) is 6.10 Å². The predicted molar refractivity (Wildman–Crippen MR) is 91.6 cm³/mol. The Kier molecular flexibility index (Phi) is 2.39. The van der Waals surface area contributed by atoms with Gasteiger partial charge in [-0.3, -0.25) is 9.59 Å². The molecule has 7 fully saturated rings. The minimum Gasteiger partial charge on any atom is -0.393 e. The van der Waals surface area contributed by atoms with Crippen molar-refractivity contribution in [2.45, 2.75) is 51.2 Å². The van der Waals surface area contributed by atoms with Crippen molar-refractivity contribution < 1.29 is 14.7 Å². The Bertz CT molecular complexity index is 760. The largest absolute Gasteiger partial charge is 0.393 e. The molecule has 1 aliphatic heterocycles. The number of Topliss-reactive ketones (excluding diaryl/α,β-unsaturated/α-hetero) is 2. The van der Waals surface area contributed by atoms with E-state index in [4.69, 9.17) is 0 Å². The molecule has 1 N–H and O–H groups in total. The summed E-state index contributed by atoms with van der Waals surface area (Å²) in [4.78, 5) is 29.3. The molecular weight excluding hydrogens is 314 g/mol. The van der Waals surface area contributed by atoms with E-state index in [1.165, 1.54) is 0 Å². The zero-order chi connectivity index (χ0) is 17.5. The van der Waals surface area contributed by atoms with E-state index in [0.717, 1.165) is 31.4 Å². The minimum atomic E-state index is -0.336. The number of rotatable bonds is 0. The third-order valence-corrected chi connectivity index (χ3v) is 9.44. The number of likely N-dealkylation sites (tertiary alicyclic amines) is 1. The average molecular weight is 341 g/mol. The number of ketones is 2. The molecule has 7 rings (SSSR count). The van der Waals surface area contributed by atoms with Crippen molar-refractivity contribution >= 4 is 11.6 Å². The number of hydrogen-bond acceptors (Lipinski definition) is 4. The molecule has 9 atom stereocenters. The topological polar surface area (TPSA) is 57.6 Å². The molecule has 0 aromatic heterocycles. The van der Waals surface area contributed by atoms with Crippen LogP contribution in [-0.4, -0.2) is 47.3 Å². The molecule has 0 aromatic carbocycles. The molecule has 4 heteroatoms. The van der Waals surface area contributed by atoms with Gasteiger partial charge < -0.3 is 10.0 Å². The molecule has 134 valence electrons. The second-order valence-corrected chi connectivity index (χ2v) is 10.6. The smallest absolute Gasteiger partial charge is 0.145 e. The summed E-state index contributed by atoms with van der Waals surface area (Å²) in [6.07, 6.45) is 3.40. The highest BCUT2D eigenvalue weighted by Crippen LogP contribution is 2.81. The fourth-order valence-electron chi connectivity index (χ4n) is 9.63. The maximum absolute atomic E-state index is 13.5. The van der Waals surface area contributed by atoms with Crippen LogP contribution in [0.4, 0.5) is 0 Å². The van der Waals surface area contributed by atoms with Gasteiger partial charge in [-0.1, -0.05) is 19.1 Å². The lowest BCUT2D eigenvalue weighted by atomic mass is 9.39. The fraction of sp³-hybridized carbons (Fsp3) is 0.810. The van der Waals surface area contributed by atoms with Crippen molar-refractivity contribution in [1.29, 1.82) is 0 Å². The molecule has 7 aliphatic rings. The summed E-state index contributed by atoms with van der Waals surface area (Å²) < 4.78 is 0. The van der Waals surface area contributed by atoms with Crippen LogP contribution in [0.3, 0.4) is 0 Å². The summed E-state index contributed by atoms with van der Waals surface area (Å²) in [7, 11) is 2.16. The number of allylic oxidation sites excluding steroid dienone is 1. The van der Waals surface area contributed by atoms with Crippen LogP contribution >= 0.6 is 0 Å². The van der Waals surface area contributed by atoms with Crippen molar-refractivity contribution in [3.05, 3.63) is 12.2 Å². The molecule has 0 unspecified atom stereocenters. The minimum absolute atomic E-state index is 0.00410. The Morgan fingerprint density at radius 1 is 1.24 bits per heavy atom. The third kappa shape index (κ3) is 1.31. The van der Waals surface area contributed by atoms with Crippen molar-refractivity contribution in [3.63, 3.8) is 0 Å². The Morgan fingerprint density at radius 2 is 2.00 bits per heavy atom. The van der Waals surface area contributed by atoms with Gasteiger partial charge >= 0.3 is 0 Å². The third-order valence-electron chi connectivity index (χ3n) is 9.44. The first kappa shape index (κ1) is 15.1. The van der Waals surface area contributed by atoms with E-state index in [1.807, 2.05) is 0 Å². The SMILES string of the molecule is C=C1C[C@]23CC(=O)[C@@H]4[C@@]5(C)C[C@H](O)C[C@]46[C@H]([C@H]2C(=O)[C@H]1C[C@H]36)N(C)C5. The maximum atomic E-state index is 13.5. The zero-order valence-corrected chi connectivity index (χ0v) is 15.1. The first-order valence-corrected chi connectivity index (χ1v) is 9.87. The summed E-state index contributed by atoms with van der Waals surface area (Å²) in [5.74, 6) is 1.17. The van der Waals surface area contributed by atoms with Gasteiger partial charge in [0.25, 0.3) is 0 Å². The van der Waals surface area contributed by atoms with Crippen LogP contribution in [0.15, 0.2) is 12.2 Å². The fourth-order valence-corrected chi connectivity index (χ4v) is 9.63. The van der Waals surface area contributed by atoms with Crippen LogP contribution in [-0.2, 0) is 9.59 Å². The second-order valence-electron chi connectivity index (χ2n) is 10.6. The van der Waals surface area contributed by atoms with Crippen LogP contribution in [0, 0.1) is 39.9 Å². The molecule has 25 heavy (non-hydrogen) atoms. The van der Waals surface area contributed by atoms with Crippen molar-refractivity contribution in [2.24, 2.45) is 39.9 Å². The molecule has 0 aromatic rings. The number of hydrogen-bond donors (Lipinski definition) is 1. The zero-order valence-electron chi connectivity index (χ0n) is 15.1. The molecule has 6 aliphatic carbocycles. The van der Waals surface area contributed by atoms with Crippen molar-refractivity contribution in [1.82, 2.24) is 4.90 Å². The lowest BCUT2D eigenvalue weighted by Crippen LogP contribution is -2.70. The van der Waals surface area contributed by atoms with Crippen LogP contribution in [0.1, 0.15) is 39.0 Å². The second kappa shape index (κ2) is 3.96. The van der Waals surface area contributed by atoms with E-state index < -0.39 is 0 Å². The van der Waals surface area contributed by atoms with Gasteiger partial charge in [-0.15, -0.1) is 0 Å². The van der Waals surface area contributed by atoms with Crippen molar-refractivity contribution in [2.75, 3.05) is 13.6 Å². The molecule has 0 radical (unpaired) electrons. The van der Waals surface area contributed by atoms with E-state index in [-0.39, 0.29) is 46.1 Å². The van der Waals surface area contributed by atoms with Crippen LogP contribution < -0.4 is 0 Å². The summed E-state index contributed by atoms with van der Waals surface area (Å²) in [5.41, 5.74) is 0.529. The number of piperidine rings is 1. The van der Waals surface area contributed by atoms with E-state index in [2.05, 4.69) is 25.5 Å². The molecule has 1 saturated heterocycles. The van der Waals surface area contributed by atoms with Crippen LogP contribution in [0.5, 0.6) is 0 Å². The average Bonchev–Trinajstić information content (AvgIpc) is 2.57. The van der Waals surface area contributed by atoms with Gasteiger partial charge in [0.15, 0.2) is 0 Å². The highest BCUT2D eigenvalue weighted by molar-refractivity contribution is 5.95. The Labute approximate surface area is 148 Å². The molecule has 6 saturated carbocycles. The number of fused-ring (bicyclic) bond motifs is 1. The number of aliphatic hydroxyl groups is 1. The maximum Gasteiger partial charge on any atom is 0.145 e. The molecule has 0 amide bonds. The van der Waals surface area contributed by atoms with E-state index in [1.54, 1.807) is 0 Å². The van der Waals surface area contributed by atoms with Crippen LogP contribution in [0.2, 0.25) is 0 Å². The quantitative estimate of drug-likeness (QED) is 0.683. The monoisotopic (exact) mass is 341 g/mol. The lowest BCUT2D eigenvalue weighted by Gasteiger charge is -2.66. The summed E-state index contributed by atoms with van der Waals surface area (Å²) in [6, 6.07) is 0.141. The molecule has 6 bridgehead atoms. The highest BCUT2D eigenvalue weighted by Gasteiger charge is 2.83. The molecular formula is C21H27NO3. The number of carbonyl (C=O) groups excluding carboxylic acids is 2. The van der Waals surface area contributed by atoms with Gasteiger partial charge in [0.2, 0.25) is 0 Å². The normalized spacial score (nSPS) is 61.8. The lowest BCUT2D eigenvalue weighted by molar-refractivity contribution is -0.201. The standard InChI is InChI=1S/C21H27NO3/c1-10-5-20-8-13(24)17-19(2)6-11(23)7-21(17)14(20)4-12(10)16(25)15(20)18(21)22(3)9-19/h11-12,14-15,17-18,23H,1,4-9H2,2-3H3/t11-,12-,14+,15+,17+,18-,19-,20+,21+/m0/s1. The summed E-state index contributed by atoms with van der Waals surface area (Å²) in [6.45, 7) is 7.27. The molecule has 4 nitrogen and oxygen atoms in total. The number of aliphatic hydroxyl groups excluding tert-OH is 1. The predicted octanol–water partition coefficient (Wildman–Crippen LogP) is 1.82. The number of carbonyl (C=O) groups is 2. The van der Waals surface area contributed by atoms with Gasteiger partial charge in [-0.05, 0) is 49.5 Å². The molecule has 2 spiro atoms. The summed E-state index contributed by atoms with van der Waals surface area (Å²) >= 11 is 0. The Balaban J connectivity index is 1.67. The van der Waals surface area contributed by atoms with Gasteiger partial charge in [0.1, 0.15) is 11.6 Å². The van der Waals surface area contributed by atoms with E-state index in [0.29, 0.717) is 30.3 Å². The van der Waals surface area contributed by atoms with E-state index in [9.17, 15) is 14.7 Å². The number of nitrogens with zero attached hydrogens (tertiary/aromatic N) is 1. The first-order chi connectivity index (χ1) is 11.7. The summed E-state index contributed by atoms with van der Waals surface area (Å²) in [5, 5.41) is 10.8. The first-order valence-electron chi connectivity index (χ1n) is 9.87. The van der Waals surface area contributed by atoms with Gasteiger partial charge in [-0.2, -0.15) is 0 Å². The van der Waals surface area contributed by atoms with E-state index >= 15 is 0 Å². The highest BCUT2D eigenvalue weighted by atomic mass is 16.3. The molecule has 1 heterocycles. The Hall–Kier alpha value is -1.00. The van der Waals surface area contributed by atoms with Crippen molar-refractivity contribution in [3.8, 4) is 0 Å². The van der Waals surface area contributed by atoms with Gasteiger partial charge in [0, 0.05) is 42.2 Å². The van der Waals surface area contributed by atoms with Crippen LogP contribution in [0.25, 0.3) is 0 Å². The Morgan fingerprint density at radius 3 is 2.76 bits per heavy atom.